The Morgan fingerprint density at radius 2 is 1.94 bits per heavy atom. The second-order valence-electron chi connectivity index (χ2n) is 8.56. The lowest BCUT2D eigenvalue weighted by molar-refractivity contribution is 0.496. The van der Waals surface area contributed by atoms with E-state index in [4.69, 9.17) is 10.7 Å². The van der Waals surface area contributed by atoms with Gasteiger partial charge in [-0.3, -0.25) is 28.5 Å². The number of imidazole rings is 1. The molecule has 0 unspecified atom stereocenters. The Morgan fingerprint density at radius 3 is 2.71 bits per heavy atom. The number of piperidine rings is 1. The number of nitrogens with zero attached hydrogens (tertiary/aromatic N) is 7. The molecule has 34 heavy (non-hydrogen) atoms. The molecule has 2 N–H and O–H groups in total. The van der Waals surface area contributed by atoms with Crippen molar-refractivity contribution in [3.63, 3.8) is 0 Å². The number of aromatic nitrogens is 6. The summed E-state index contributed by atoms with van der Waals surface area (Å²) < 4.78 is 4.48. The van der Waals surface area contributed by atoms with Crippen LogP contribution in [0.1, 0.15) is 25.3 Å². The monoisotopic (exact) mass is 458 g/mol. The summed E-state index contributed by atoms with van der Waals surface area (Å²) >= 11 is 0. The van der Waals surface area contributed by atoms with Crippen LogP contribution in [-0.4, -0.2) is 47.8 Å². The van der Waals surface area contributed by atoms with E-state index in [9.17, 15) is 9.59 Å². The minimum absolute atomic E-state index is 0.0377. The van der Waals surface area contributed by atoms with Crippen LogP contribution >= 0.6 is 0 Å². The molecular formula is C24H26N8O2. The fourth-order valence-electron chi connectivity index (χ4n) is 4.53. The maximum absolute atomic E-state index is 13.7. The van der Waals surface area contributed by atoms with Gasteiger partial charge in [-0.1, -0.05) is 12.0 Å². The quantitative estimate of drug-likeness (QED) is 0.450. The molecule has 1 aliphatic rings. The van der Waals surface area contributed by atoms with Gasteiger partial charge in [0.05, 0.1) is 24.1 Å². The van der Waals surface area contributed by atoms with Gasteiger partial charge in [0, 0.05) is 38.6 Å². The van der Waals surface area contributed by atoms with Gasteiger partial charge in [0.25, 0.3) is 5.56 Å². The van der Waals surface area contributed by atoms with Crippen molar-refractivity contribution in [2.24, 2.45) is 12.8 Å². The highest BCUT2D eigenvalue weighted by Crippen LogP contribution is 2.23. The number of benzene rings is 1. The van der Waals surface area contributed by atoms with E-state index in [1.54, 1.807) is 26.4 Å². The van der Waals surface area contributed by atoms with Crippen LogP contribution in [0.2, 0.25) is 0 Å². The van der Waals surface area contributed by atoms with E-state index in [0.29, 0.717) is 35.7 Å². The van der Waals surface area contributed by atoms with Crippen molar-refractivity contribution in [2.75, 3.05) is 18.0 Å². The lowest BCUT2D eigenvalue weighted by atomic mass is 10.1. The molecule has 0 saturated carbocycles. The van der Waals surface area contributed by atoms with Crippen molar-refractivity contribution < 1.29 is 0 Å². The van der Waals surface area contributed by atoms with Gasteiger partial charge in [-0.2, -0.15) is 4.98 Å². The Hall–Kier alpha value is -3.97. The number of aryl methyl sites for hydroxylation is 1. The molecule has 0 spiro atoms. The first kappa shape index (κ1) is 21.9. The molecule has 0 amide bonds. The average molecular weight is 459 g/mol. The fourth-order valence-corrected chi connectivity index (χ4v) is 4.53. The number of nitrogens with two attached hydrogens (primary N) is 1. The zero-order chi connectivity index (χ0) is 23.8. The summed E-state index contributed by atoms with van der Waals surface area (Å²) in [4.78, 5) is 42.3. The van der Waals surface area contributed by atoms with Gasteiger partial charge in [0.15, 0.2) is 11.2 Å². The topological polar surface area (TPSA) is 117 Å². The fraction of sp³-hybridized carbons (Fsp3) is 0.375. The van der Waals surface area contributed by atoms with Crippen molar-refractivity contribution in [3.05, 3.63) is 57.0 Å². The molecule has 4 aromatic rings. The van der Waals surface area contributed by atoms with E-state index in [2.05, 4.69) is 26.7 Å². The van der Waals surface area contributed by atoms with E-state index >= 15 is 0 Å². The third-order valence-electron chi connectivity index (χ3n) is 6.24. The normalized spacial score (nSPS) is 16.1. The van der Waals surface area contributed by atoms with Crippen molar-refractivity contribution in [1.82, 2.24) is 28.7 Å². The van der Waals surface area contributed by atoms with Gasteiger partial charge in [0.1, 0.15) is 0 Å². The van der Waals surface area contributed by atoms with Crippen LogP contribution in [0.25, 0.3) is 22.2 Å². The van der Waals surface area contributed by atoms with E-state index in [1.807, 2.05) is 22.8 Å². The zero-order valence-electron chi connectivity index (χ0n) is 19.2. The summed E-state index contributed by atoms with van der Waals surface area (Å²) in [6.45, 7) is 3.60. The van der Waals surface area contributed by atoms with Crippen LogP contribution in [0, 0.1) is 11.8 Å². The number of hydrogen-bond acceptors (Lipinski definition) is 7. The third kappa shape index (κ3) is 3.74. The predicted octanol–water partition coefficient (Wildman–Crippen LogP) is 0.839. The highest BCUT2D eigenvalue weighted by Gasteiger charge is 2.26. The van der Waals surface area contributed by atoms with E-state index in [0.717, 1.165) is 30.5 Å². The number of anilines is 1. The van der Waals surface area contributed by atoms with Crippen molar-refractivity contribution in [2.45, 2.75) is 38.9 Å². The molecule has 1 fully saturated rings. The first-order valence-electron chi connectivity index (χ1n) is 11.3. The van der Waals surface area contributed by atoms with Gasteiger partial charge in [0.2, 0.25) is 5.95 Å². The molecular weight excluding hydrogens is 432 g/mol. The number of hydrogen-bond donors (Lipinski definition) is 1. The summed E-state index contributed by atoms with van der Waals surface area (Å²) in [7, 11) is 1.64. The van der Waals surface area contributed by atoms with Crippen molar-refractivity contribution in [3.8, 4) is 11.8 Å². The zero-order valence-corrected chi connectivity index (χ0v) is 19.2. The lowest BCUT2D eigenvalue weighted by Gasteiger charge is -2.31. The smallest absolute Gasteiger partial charge is 0.332 e. The highest BCUT2D eigenvalue weighted by atomic mass is 16.2. The predicted molar refractivity (Wildman–Crippen MR) is 131 cm³/mol. The van der Waals surface area contributed by atoms with E-state index in [1.165, 1.54) is 9.13 Å². The molecule has 0 aliphatic carbocycles. The first-order chi connectivity index (χ1) is 16.5. The third-order valence-corrected chi connectivity index (χ3v) is 6.24. The second-order valence-corrected chi connectivity index (χ2v) is 8.56. The summed E-state index contributed by atoms with van der Waals surface area (Å²) in [6, 6.07) is 5.58. The highest BCUT2D eigenvalue weighted by molar-refractivity contribution is 5.75. The molecule has 10 heteroatoms. The van der Waals surface area contributed by atoms with Gasteiger partial charge in [-0.15, -0.1) is 5.92 Å². The molecule has 1 atom stereocenters. The summed E-state index contributed by atoms with van der Waals surface area (Å²) in [6.07, 6.45) is 5.14. The second kappa shape index (κ2) is 8.76. The molecule has 1 aromatic carbocycles. The van der Waals surface area contributed by atoms with Crippen LogP contribution in [0.5, 0.6) is 0 Å². The SMILES string of the molecule is CC#CCn1c(N2CCC[C@@H](N)C2)nc2c1c(=O)n(Cc1ccc3nccnc3c1)c(=O)n2C. The van der Waals surface area contributed by atoms with Crippen LogP contribution in [0.3, 0.4) is 0 Å². The van der Waals surface area contributed by atoms with Crippen LogP contribution in [-0.2, 0) is 20.1 Å². The molecule has 3 aromatic heterocycles. The van der Waals surface area contributed by atoms with Gasteiger partial charge >= 0.3 is 5.69 Å². The minimum atomic E-state index is -0.426. The standard InChI is InChI=1S/C24H26N8O2/c1-3-4-12-31-20-21(28-23(31)30-11-5-6-17(25)15-30)29(2)24(34)32(22(20)33)14-16-7-8-18-19(13-16)27-10-9-26-18/h7-10,13,17H,5-6,11-12,14-15,25H2,1-2H3/t17-/m1/s1. The van der Waals surface area contributed by atoms with Gasteiger partial charge < -0.3 is 10.6 Å². The number of rotatable bonds is 4. The molecule has 4 heterocycles. The molecule has 1 aliphatic heterocycles. The molecule has 0 bridgehead atoms. The maximum atomic E-state index is 13.7. The average Bonchev–Trinajstić information content (AvgIpc) is 3.23. The van der Waals surface area contributed by atoms with Crippen molar-refractivity contribution in [1.29, 1.82) is 0 Å². The first-order valence-corrected chi connectivity index (χ1v) is 11.3. The maximum Gasteiger partial charge on any atom is 0.332 e. The largest absolute Gasteiger partial charge is 0.341 e. The molecule has 0 radical (unpaired) electrons. The molecule has 1 saturated heterocycles. The lowest BCUT2D eigenvalue weighted by Crippen LogP contribution is -2.44. The number of fused-ring (bicyclic) bond motifs is 2. The minimum Gasteiger partial charge on any atom is -0.341 e. The Morgan fingerprint density at radius 1 is 1.15 bits per heavy atom. The van der Waals surface area contributed by atoms with E-state index in [-0.39, 0.29) is 12.6 Å². The molecule has 174 valence electrons. The van der Waals surface area contributed by atoms with Gasteiger partial charge in [-0.05, 0) is 37.5 Å². The Kier molecular flexibility index (Phi) is 5.63. The van der Waals surface area contributed by atoms with Gasteiger partial charge in [-0.25, -0.2) is 4.79 Å². The summed E-state index contributed by atoms with van der Waals surface area (Å²) in [5, 5.41) is 0. The van der Waals surface area contributed by atoms with Crippen molar-refractivity contribution >= 4 is 28.1 Å². The Labute approximate surface area is 195 Å². The molecule has 10 nitrogen and oxygen atoms in total. The van der Waals surface area contributed by atoms with Crippen LogP contribution in [0.15, 0.2) is 40.2 Å². The summed E-state index contributed by atoms with van der Waals surface area (Å²) in [5.74, 6) is 6.57. The van der Waals surface area contributed by atoms with Crippen LogP contribution < -0.4 is 21.9 Å². The van der Waals surface area contributed by atoms with E-state index < -0.39 is 11.2 Å². The molecule has 5 rings (SSSR count). The Balaban J connectivity index is 1.68. The summed E-state index contributed by atoms with van der Waals surface area (Å²) in [5.41, 5.74) is 8.34. The van der Waals surface area contributed by atoms with Crippen LogP contribution in [0.4, 0.5) is 5.95 Å². The Bertz CT molecular complexity index is 1570.